The molecule has 1 saturated heterocycles. The van der Waals surface area contributed by atoms with Gasteiger partial charge in [0.1, 0.15) is 0 Å². The number of nitrogens with zero attached hydrogens (tertiary/aromatic N) is 5. The second-order valence-corrected chi connectivity index (χ2v) is 8.05. The molecule has 1 unspecified atom stereocenters. The molecule has 6 heteroatoms. The van der Waals surface area contributed by atoms with E-state index in [0.29, 0.717) is 0 Å². The normalized spacial score (nSPS) is 18.2. The van der Waals surface area contributed by atoms with Crippen LogP contribution in [-0.2, 0) is 11.3 Å². The fourth-order valence-corrected chi connectivity index (χ4v) is 3.55. The number of hydrogen-bond acceptors (Lipinski definition) is 4. The molecule has 1 aliphatic rings. The molecule has 0 saturated carbocycles. The van der Waals surface area contributed by atoms with Crippen molar-refractivity contribution in [3.05, 3.63) is 29.8 Å². The molecule has 0 bridgehead atoms. The van der Waals surface area contributed by atoms with Crippen LogP contribution >= 0.6 is 0 Å². The van der Waals surface area contributed by atoms with Gasteiger partial charge in [0.2, 0.25) is 5.91 Å². The third-order valence-electron chi connectivity index (χ3n) is 4.85. The van der Waals surface area contributed by atoms with Crippen molar-refractivity contribution in [1.29, 1.82) is 0 Å². The number of likely N-dealkylation sites (tertiary alicyclic amines) is 1. The Hall–Kier alpha value is -2.24. The Kier molecular flexibility index (Phi) is 5.12. The summed E-state index contributed by atoms with van der Waals surface area (Å²) in [5.74, 6) is 0.925. The van der Waals surface area contributed by atoms with Crippen molar-refractivity contribution >= 4 is 5.91 Å². The predicted octanol–water partition coefficient (Wildman–Crippen LogP) is 3.77. The summed E-state index contributed by atoms with van der Waals surface area (Å²) in [5.41, 5.74) is 2.38. The Morgan fingerprint density at radius 3 is 2.73 bits per heavy atom. The van der Waals surface area contributed by atoms with E-state index in [1.165, 1.54) is 0 Å². The van der Waals surface area contributed by atoms with E-state index in [1.54, 1.807) is 6.20 Å². The maximum Gasteiger partial charge on any atom is 0.228 e. The highest BCUT2D eigenvalue weighted by Gasteiger charge is 2.35. The molecule has 2 aromatic rings. The lowest BCUT2D eigenvalue weighted by molar-refractivity contribution is -0.143. The highest BCUT2D eigenvalue weighted by atomic mass is 16.2. The molecule has 140 valence electrons. The van der Waals surface area contributed by atoms with Crippen LogP contribution in [0.15, 0.2) is 18.3 Å². The summed E-state index contributed by atoms with van der Waals surface area (Å²) in [4.78, 5) is 24.5. The van der Waals surface area contributed by atoms with Crippen LogP contribution in [0.5, 0.6) is 0 Å². The number of carbonyl (C=O) groups is 1. The second-order valence-electron chi connectivity index (χ2n) is 8.05. The number of hydrogen-bond donors (Lipinski definition) is 0. The van der Waals surface area contributed by atoms with Gasteiger partial charge < -0.3 is 4.90 Å². The maximum atomic E-state index is 13.0. The second kappa shape index (κ2) is 7.17. The summed E-state index contributed by atoms with van der Waals surface area (Å²) < 4.78 is 1.94. The highest BCUT2D eigenvalue weighted by molar-refractivity contribution is 5.82. The molecule has 1 fully saturated rings. The molecule has 0 N–H and O–H groups in total. The third-order valence-corrected chi connectivity index (χ3v) is 4.85. The topological polar surface area (TPSA) is 63.9 Å². The monoisotopic (exact) mass is 355 g/mol. The molecule has 26 heavy (non-hydrogen) atoms. The minimum Gasteiger partial charge on any atom is -0.332 e. The van der Waals surface area contributed by atoms with Crippen molar-refractivity contribution in [1.82, 2.24) is 24.6 Å². The van der Waals surface area contributed by atoms with Gasteiger partial charge >= 0.3 is 0 Å². The molecule has 3 rings (SSSR count). The zero-order chi connectivity index (χ0) is 18.9. The van der Waals surface area contributed by atoms with Crippen molar-refractivity contribution < 1.29 is 4.79 Å². The number of aromatic nitrogens is 4. The molecule has 3 heterocycles. The van der Waals surface area contributed by atoms with Crippen LogP contribution in [0.4, 0.5) is 0 Å². The molecule has 1 atom stereocenters. The van der Waals surface area contributed by atoms with E-state index >= 15 is 0 Å². The van der Waals surface area contributed by atoms with Gasteiger partial charge in [-0.05, 0) is 45.2 Å². The van der Waals surface area contributed by atoms with E-state index in [1.807, 2.05) is 49.4 Å². The minimum atomic E-state index is -0.400. The maximum absolute atomic E-state index is 13.0. The fraction of sp³-hybridized carbons (Fsp3) is 0.600. The van der Waals surface area contributed by atoms with Gasteiger partial charge in [-0.2, -0.15) is 5.10 Å². The van der Waals surface area contributed by atoms with E-state index in [-0.39, 0.29) is 11.9 Å². The van der Waals surface area contributed by atoms with Crippen LogP contribution in [0.25, 0.3) is 11.4 Å². The first kappa shape index (κ1) is 18.5. The van der Waals surface area contributed by atoms with E-state index in [2.05, 4.69) is 12.0 Å². The summed E-state index contributed by atoms with van der Waals surface area (Å²) in [6.07, 6.45) is 4.85. The Balaban J connectivity index is 2.01. The third kappa shape index (κ3) is 3.64. The lowest BCUT2D eigenvalue weighted by atomic mass is 9.91. The molecule has 0 radical (unpaired) electrons. The van der Waals surface area contributed by atoms with Crippen LogP contribution in [-0.4, -0.2) is 37.1 Å². The average Bonchev–Trinajstić information content (AvgIpc) is 3.08. The lowest BCUT2D eigenvalue weighted by Gasteiger charge is -2.38. The van der Waals surface area contributed by atoms with Gasteiger partial charge in [0.05, 0.1) is 17.4 Å². The van der Waals surface area contributed by atoms with Crippen LogP contribution < -0.4 is 0 Å². The summed E-state index contributed by atoms with van der Waals surface area (Å²) in [7, 11) is 0. The van der Waals surface area contributed by atoms with E-state index < -0.39 is 5.41 Å². The largest absolute Gasteiger partial charge is 0.332 e. The van der Waals surface area contributed by atoms with E-state index in [9.17, 15) is 4.79 Å². The lowest BCUT2D eigenvalue weighted by Crippen LogP contribution is -2.44. The average molecular weight is 355 g/mol. The van der Waals surface area contributed by atoms with Gasteiger partial charge in [-0.3, -0.25) is 9.48 Å². The first-order valence-electron chi connectivity index (χ1n) is 9.50. The Bertz CT molecular complexity index is 790. The smallest absolute Gasteiger partial charge is 0.228 e. The molecular formula is C20H29N5O. The first-order chi connectivity index (χ1) is 12.3. The molecule has 1 amide bonds. The molecular weight excluding hydrogens is 326 g/mol. The summed E-state index contributed by atoms with van der Waals surface area (Å²) >= 11 is 0. The summed E-state index contributed by atoms with van der Waals surface area (Å²) in [5, 5.41) is 4.35. The molecule has 0 spiro atoms. The molecule has 6 nitrogen and oxygen atoms in total. The highest BCUT2D eigenvalue weighted by Crippen LogP contribution is 2.33. The van der Waals surface area contributed by atoms with Crippen LogP contribution in [0.1, 0.15) is 64.5 Å². The van der Waals surface area contributed by atoms with Gasteiger partial charge in [-0.15, -0.1) is 0 Å². The number of carbonyl (C=O) groups excluding carboxylic acids is 1. The quantitative estimate of drug-likeness (QED) is 0.841. The predicted molar refractivity (Wildman–Crippen MR) is 101 cm³/mol. The standard InChI is InChI=1S/C20H29N5O/c1-6-25-16(10-11-21-25)15-13-14(2)22-18(23-15)17-9-7-8-12-24(17)19(26)20(3,4)5/h10-11,13,17H,6-9,12H2,1-5H3. The van der Waals surface area contributed by atoms with Gasteiger partial charge in [0.15, 0.2) is 5.82 Å². The van der Waals surface area contributed by atoms with Crippen molar-refractivity contribution in [3.8, 4) is 11.4 Å². The summed E-state index contributed by atoms with van der Waals surface area (Å²) in [6.45, 7) is 11.5. The zero-order valence-corrected chi connectivity index (χ0v) is 16.5. The minimum absolute atomic E-state index is 0.0490. The molecule has 0 aromatic carbocycles. The van der Waals surface area contributed by atoms with E-state index in [0.717, 1.165) is 55.3 Å². The van der Waals surface area contributed by atoms with Crippen molar-refractivity contribution in [2.75, 3.05) is 6.54 Å². The number of piperidine rings is 1. The Labute approximate surface area is 155 Å². The van der Waals surface area contributed by atoms with Gasteiger partial charge in [0, 0.05) is 30.4 Å². The van der Waals surface area contributed by atoms with E-state index in [4.69, 9.17) is 9.97 Å². The zero-order valence-electron chi connectivity index (χ0n) is 16.5. The van der Waals surface area contributed by atoms with Gasteiger partial charge in [-0.25, -0.2) is 9.97 Å². The van der Waals surface area contributed by atoms with Crippen molar-refractivity contribution in [2.45, 2.75) is 66.5 Å². The van der Waals surface area contributed by atoms with Crippen LogP contribution in [0.2, 0.25) is 0 Å². The van der Waals surface area contributed by atoms with Crippen LogP contribution in [0, 0.1) is 12.3 Å². The molecule has 1 aliphatic heterocycles. The SMILES string of the molecule is CCn1nccc1-c1cc(C)nc(C2CCCCN2C(=O)C(C)(C)C)n1. The fourth-order valence-electron chi connectivity index (χ4n) is 3.55. The van der Waals surface area contributed by atoms with Gasteiger partial charge in [-0.1, -0.05) is 20.8 Å². The summed E-state index contributed by atoms with van der Waals surface area (Å²) in [6, 6.07) is 3.92. The molecule has 2 aromatic heterocycles. The first-order valence-corrected chi connectivity index (χ1v) is 9.50. The Morgan fingerprint density at radius 2 is 2.04 bits per heavy atom. The number of aryl methyl sites for hydroxylation is 2. The van der Waals surface area contributed by atoms with Crippen molar-refractivity contribution in [3.63, 3.8) is 0 Å². The molecule has 0 aliphatic carbocycles. The van der Waals surface area contributed by atoms with Crippen molar-refractivity contribution in [2.24, 2.45) is 5.41 Å². The number of rotatable bonds is 3. The Morgan fingerprint density at radius 1 is 1.27 bits per heavy atom. The van der Waals surface area contributed by atoms with Gasteiger partial charge in [0.25, 0.3) is 0 Å². The number of amides is 1. The van der Waals surface area contributed by atoms with Crippen LogP contribution in [0.3, 0.4) is 0 Å².